The van der Waals surface area contributed by atoms with Crippen molar-refractivity contribution >= 4 is 22.3 Å². The van der Waals surface area contributed by atoms with Crippen LogP contribution >= 0.6 is 0 Å². The van der Waals surface area contributed by atoms with Crippen LogP contribution in [-0.4, -0.2) is 39.4 Å². The molecule has 9 nitrogen and oxygen atoms in total. The van der Waals surface area contributed by atoms with Crippen molar-refractivity contribution in [2.24, 2.45) is 5.73 Å². The van der Waals surface area contributed by atoms with Crippen molar-refractivity contribution in [1.82, 2.24) is 5.32 Å². The van der Waals surface area contributed by atoms with Gasteiger partial charge in [-0.1, -0.05) is 61.4 Å². The summed E-state index contributed by atoms with van der Waals surface area (Å²) in [5, 5.41) is 2.67. The number of benzene rings is 2. The van der Waals surface area contributed by atoms with Crippen LogP contribution in [0.4, 0.5) is 9.59 Å². The third kappa shape index (κ3) is 12.8. The molecular weight excluding hydrogens is 472 g/mol. The Balaban J connectivity index is 0.000000658. The molecule has 2 aromatic carbocycles. The first-order valence-corrected chi connectivity index (χ1v) is 12.7. The zero-order valence-electron chi connectivity index (χ0n) is 20.9. The quantitative estimate of drug-likeness (QED) is 0.365. The van der Waals surface area contributed by atoms with Crippen molar-refractivity contribution in [3.05, 3.63) is 65.7 Å². The molecule has 2 rings (SSSR count). The number of aryl methyl sites for hydroxylation is 1. The number of carbonyl (C=O) groups excluding carboxylic acids is 2. The maximum atomic E-state index is 12.4. The van der Waals surface area contributed by atoms with Gasteiger partial charge >= 0.3 is 12.2 Å². The summed E-state index contributed by atoms with van der Waals surface area (Å²) in [7, 11) is -3.94. The second-order valence-corrected chi connectivity index (χ2v) is 10.3. The molecule has 35 heavy (non-hydrogen) atoms. The average Bonchev–Trinajstić information content (AvgIpc) is 2.77. The SMILES string of the molecule is CCCCOC(N)=O.Cc1ccc(S(=O)(=O)OC[C@@H](NC(=O)OC(C)(C)C)c2ccccc2)cc1. The van der Waals surface area contributed by atoms with Gasteiger partial charge in [0.25, 0.3) is 10.1 Å². The van der Waals surface area contributed by atoms with Gasteiger partial charge in [-0.05, 0) is 51.8 Å². The van der Waals surface area contributed by atoms with Gasteiger partial charge in [0.1, 0.15) is 5.60 Å². The van der Waals surface area contributed by atoms with E-state index in [-0.39, 0.29) is 11.5 Å². The lowest BCUT2D eigenvalue weighted by molar-refractivity contribution is 0.0487. The molecule has 1 atom stereocenters. The maximum Gasteiger partial charge on any atom is 0.408 e. The number of unbranched alkanes of at least 4 members (excludes halogenated alkanes) is 1. The van der Waals surface area contributed by atoms with Crippen LogP contribution in [0.5, 0.6) is 0 Å². The number of nitrogens with one attached hydrogen (secondary N) is 1. The van der Waals surface area contributed by atoms with E-state index in [4.69, 9.17) is 8.92 Å². The van der Waals surface area contributed by atoms with Crippen molar-refractivity contribution in [2.75, 3.05) is 13.2 Å². The monoisotopic (exact) mass is 508 g/mol. The van der Waals surface area contributed by atoms with Crippen molar-refractivity contribution in [1.29, 1.82) is 0 Å². The number of hydrogen-bond donors (Lipinski definition) is 2. The minimum Gasteiger partial charge on any atom is -0.450 e. The van der Waals surface area contributed by atoms with E-state index in [1.165, 1.54) is 12.1 Å². The highest BCUT2D eigenvalue weighted by atomic mass is 32.2. The fraction of sp³-hybridized carbons (Fsp3) is 0.440. The third-order valence-electron chi connectivity index (χ3n) is 4.33. The summed E-state index contributed by atoms with van der Waals surface area (Å²) in [5.41, 5.74) is 5.66. The summed E-state index contributed by atoms with van der Waals surface area (Å²) in [6.07, 6.45) is 0.585. The molecule has 194 valence electrons. The molecule has 0 aromatic heterocycles. The van der Waals surface area contributed by atoms with Crippen molar-refractivity contribution < 1.29 is 31.7 Å². The molecule has 0 aliphatic carbocycles. The Morgan fingerprint density at radius 2 is 1.63 bits per heavy atom. The number of carbonyl (C=O) groups is 2. The van der Waals surface area contributed by atoms with Crippen LogP contribution in [0.1, 0.15) is 57.7 Å². The van der Waals surface area contributed by atoms with E-state index < -0.39 is 33.9 Å². The number of nitrogens with two attached hydrogens (primary N) is 1. The second-order valence-electron chi connectivity index (χ2n) is 8.68. The largest absolute Gasteiger partial charge is 0.450 e. The Labute approximate surface area is 208 Å². The third-order valence-corrected chi connectivity index (χ3v) is 5.63. The first-order valence-electron chi connectivity index (χ1n) is 11.3. The average molecular weight is 509 g/mol. The maximum absolute atomic E-state index is 12.4. The molecular formula is C25H36N2O7S. The fourth-order valence-electron chi connectivity index (χ4n) is 2.60. The van der Waals surface area contributed by atoms with Crippen molar-refractivity contribution in [3.63, 3.8) is 0 Å². The molecule has 2 aromatic rings. The Kier molecular flexibility index (Phi) is 12.2. The van der Waals surface area contributed by atoms with Crippen molar-refractivity contribution in [2.45, 2.75) is 64.0 Å². The van der Waals surface area contributed by atoms with Gasteiger partial charge in [-0.15, -0.1) is 0 Å². The molecule has 0 aliphatic heterocycles. The number of rotatable bonds is 9. The van der Waals surface area contributed by atoms with Gasteiger partial charge in [0.05, 0.1) is 24.2 Å². The van der Waals surface area contributed by atoms with E-state index in [9.17, 15) is 18.0 Å². The van der Waals surface area contributed by atoms with E-state index in [2.05, 4.69) is 15.8 Å². The Morgan fingerprint density at radius 1 is 1.03 bits per heavy atom. The minimum atomic E-state index is -3.94. The molecule has 3 N–H and O–H groups in total. The normalized spacial score (nSPS) is 12.0. The summed E-state index contributed by atoms with van der Waals surface area (Å²) in [6, 6.07) is 14.7. The van der Waals surface area contributed by atoms with Crippen LogP contribution < -0.4 is 11.1 Å². The Morgan fingerprint density at radius 3 is 2.14 bits per heavy atom. The van der Waals surface area contributed by atoms with Crippen LogP contribution in [0.25, 0.3) is 0 Å². The molecule has 10 heteroatoms. The lowest BCUT2D eigenvalue weighted by atomic mass is 10.1. The highest BCUT2D eigenvalue weighted by molar-refractivity contribution is 7.86. The highest BCUT2D eigenvalue weighted by Crippen LogP contribution is 2.19. The molecule has 2 amide bonds. The molecule has 0 radical (unpaired) electrons. The van der Waals surface area contributed by atoms with E-state index in [1.807, 2.05) is 19.9 Å². The van der Waals surface area contributed by atoms with E-state index >= 15 is 0 Å². The zero-order valence-corrected chi connectivity index (χ0v) is 21.8. The minimum absolute atomic E-state index is 0.0668. The summed E-state index contributed by atoms with van der Waals surface area (Å²) in [5.74, 6) is 0. The van der Waals surface area contributed by atoms with Crippen molar-refractivity contribution in [3.8, 4) is 0 Å². The predicted octanol–water partition coefficient (Wildman–Crippen LogP) is 4.85. The number of alkyl carbamates (subject to hydrolysis) is 1. The Hall–Kier alpha value is -3.11. The van der Waals surface area contributed by atoms with E-state index in [0.29, 0.717) is 12.2 Å². The smallest absolute Gasteiger partial charge is 0.408 e. The molecule has 0 fully saturated rings. The molecule has 0 bridgehead atoms. The molecule has 0 unspecified atom stereocenters. The van der Waals surface area contributed by atoms with Crippen LogP contribution in [0, 0.1) is 6.92 Å². The summed E-state index contributed by atoms with van der Waals surface area (Å²) in [6.45, 7) is 9.34. The molecule has 0 aliphatic rings. The standard InChI is InChI=1S/C20H25NO5S.C5H11NO2/c1-15-10-12-17(13-11-15)27(23,24)25-14-18(16-8-6-5-7-9-16)21-19(22)26-20(2,3)4;1-2-3-4-8-5(6)7/h5-13,18H,14H2,1-4H3,(H,21,22);2-4H2,1H3,(H2,6,7)/t18-;/m1./s1. The number of hydrogen-bond acceptors (Lipinski definition) is 7. The van der Waals surface area contributed by atoms with Crippen LogP contribution in [0.3, 0.4) is 0 Å². The molecule has 0 heterocycles. The Bertz CT molecular complexity index is 1020. The predicted molar refractivity (Wildman–Crippen MR) is 133 cm³/mol. The zero-order chi connectivity index (χ0) is 26.5. The number of ether oxygens (including phenoxy) is 2. The van der Waals surface area contributed by atoms with Crippen LogP contribution in [0.15, 0.2) is 59.5 Å². The highest BCUT2D eigenvalue weighted by Gasteiger charge is 2.23. The van der Waals surface area contributed by atoms with Gasteiger partial charge < -0.3 is 20.5 Å². The first kappa shape index (κ1) is 29.9. The number of primary amides is 1. The van der Waals surface area contributed by atoms with Crippen LogP contribution in [-0.2, 0) is 23.8 Å². The topological polar surface area (TPSA) is 134 Å². The van der Waals surface area contributed by atoms with Crippen LogP contribution in [0.2, 0.25) is 0 Å². The van der Waals surface area contributed by atoms with Gasteiger partial charge in [-0.25, -0.2) is 9.59 Å². The lowest BCUT2D eigenvalue weighted by Crippen LogP contribution is -2.37. The number of amides is 2. The van der Waals surface area contributed by atoms with Gasteiger partial charge in [0.2, 0.25) is 0 Å². The second kappa shape index (κ2) is 14.3. The molecule has 0 spiro atoms. The van der Waals surface area contributed by atoms with Gasteiger partial charge in [-0.2, -0.15) is 8.42 Å². The van der Waals surface area contributed by atoms with Gasteiger partial charge in [0, 0.05) is 0 Å². The van der Waals surface area contributed by atoms with E-state index in [1.54, 1.807) is 57.2 Å². The summed E-state index contributed by atoms with van der Waals surface area (Å²) >= 11 is 0. The summed E-state index contributed by atoms with van der Waals surface area (Å²) in [4.78, 5) is 22.1. The molecule has 0 saturated carbocycles. The first-order chi connectivity index (χ1) is 16.3. The van der Waals surface area contributed by atoms with E-state index in [0.717, 1.165) is 18.4 Å². The van der Waals surface area contributed by atoms with Gasteiger partial charge in [-0.3, -0.25) is 4.18 Å². The fourth-order valence-corrected chi connectivity index (χ4v) is 3.52. The van der Waals surface area contributed by atoms with Gasteiger partial charge in [0.15, 0.2) is 0 Å². The lowest BCUT2D eigenvalue weighted by Gasteiger charge is -2.23. The summed E-state index contributed by atoms with van der Waals surface area (Å²) < 4.78 is 39.7. The molecule has 0 saturated heterocycles.